The summed E-state index contributed by atoms with van der Waals surface area (Å²) >= 11 is 0. The predicted molar refractivity (Wildman–Crippen MR) is 208 cm³/mol. The number of aliphatic hydroxyl groups is 1. The number of aliphatic carboxylic acids is 1. The second kappa shape index (κ2) is 35.2. The molecule has 0 rings (SSSR count). The van der Waals surface area contributed by atoms with E-state index in [4.69, 9.17) is 13.8 Å². The summed E-state index contributed by atoms with van der Waals surface area (Å²) in [7, 11) is -4.75. The molecule has 0 heterocycles. The lowest BCUT2D eigenvalue weighted by Gasteiger charge is -2.18. The summed E-state index contributed by atoms with van der Waals surface area (Å²) < 4.78 is 26.6. The smallest absolute Gasteiger partial charge is 0.472 e. The van der Waals surface area contributed by atoms with Crippen LogP contribution in [0.1, 0.15) is 142 Å². The predicted octanol–water partition coefficient (Wildman–Crippen LogP) is 9.22. The fourth-order valence-corrected chi connectivity index (χ4v) is 5.58. The molecule has 12 heteroatoms. The Balaban J connectivity index is 3.92. The maximum atomic E-state index is 12.2. The molecule has 0 aromatic rings. The van der Waals surface area contributed by atoms with Gasteiger partial charge in [0.2, 0.25) is 5.91 Å². The third kappa shape index (κ3) is 34.3. The molecule has 0 aromatic heterocycles. The number of hydrogen-bond donors (Lipinski definition) is 4. The van der Waals surface area contributed by atoms with Crippen LogP contribution in [0.3, 0.4) is 0 Å². The maximum Gasteiger partial charge on any atom is 0.472 e. The topological polar surface area (TPSA) is 169 Å². The number of carbonyl (C=O) groups excluding carboxylic acids is 2. The summed E-state index contributed by atoms with van der Waals surface area (Å²) in [5.41, 5.74) is 0. The van der Waals surface area contributed by atoms with Gasteiger partial charge in [0, 0.05) is 12.8 Å². The Morgan fingerprint density at radius 2 is 1.12 bits per heavy atom. The first-order valence-corrected chi connectivity index (χ1v) is 20.8. The van der Waals surface area contributed by atoms with Gasteiger partial charge in [-0.2, -0.15) is 0 Å². The quantitative estimate of drug-likeness (QED) is 0.0212. The Bertz CT molecular complexity index is 1120. The number of carbonyl (C=O) groups is 3. The van der Waals surface area contributed by atoms with Gasteiger partial charge < -0.3 is 25.2 Å². The lowest BCUT2D eigenvalue weighted by atomic mass is 10.1. The highest BCUT2D eigenvalue weighted by Gasteiger charge is 2.28. The van der Waals surface area contributed by atoms with Gasteiger partial charge in [-0.25, -0.2) is 9.36 Å². The first-order valence-electron chi connectivity index (χ1n) is 19.3. The molecule has 3 unspecified atom stereocenters. The Labute approximate surface area is 313 Å². The van der Waals surface area contributed by atoms with Crippen LogP contribution >= 0.6 is 7.82 Å². The standard InChI is InChI=1S/C40H68NO10P/c1-3-5-7-9-11-12-13-14-15-16-17-18-19-20-21-22-23-24-26-28-30-32-39(44)49-33-36(42)34-50-52(47,48)51-35-37(40(45)46)41-38(43)31-29-27-25-10-8-6-4-2/h5,7,11-12,14-15,17-18,20-21,36-37,42H,3-4,6,8-10,13,16,19,22-35H2,1-2H3,(H,41,43)(H,45,46)(H,47,48)/b7-5-,12-11-,15-14-,18-17-,21-20-. The summed E-state index contributed by atoms with van der Waals surface area (Å²) in [6.07, 6.45) is 38.6. The number of phosphoric acid groups is 1. The van der Waals surface area contributed by atoms with Gasteiger partial charge in [-0.15, -0.1) is 0 Å². The van der Waals surface area contributed by atoms with Crippen LogP contribution in [0.5, 0.6) is 0 Å². The van der Waals surface area contributed by atoms with Crippen LogP contribution in [-0.4, -0.2) is 64.9 Å². The van der Waals surface area contributed by atoms with Crippen molar-refractivity contribution in [1.82, 2.24) is 5.32 Å². The highest BCUT2D eigenvalue weighted by Crippen LogP contribution is 2.43. The molecule has 11 nitrogen and oxygen atoms in total. The van der Waals surface area contributed by atoms with Gasteiger partial charge in [0.15, 0.2) is 6.04 Å². The van der Waals surface area contributed by atoms with Crippen molar-refractivity contribution in [2.75, 3.05) is 19.8 Å². The van der Waals surface area contributed by atoms with Crippen molar-refractivity contribution in [3.8, 4) is 0 Å². The van der Waals surface area contributed by atoms with Gasteiger partial charge in [0.05, 0.1) is 13.2 Å². The molecule has 0 radical (unpaired) electrons. The van der Waals surface area contributed by atoms with E-state index in [1.165, 1.54) is 6.42 Å². The van der Waals surface area contributed by atoms with Crippen molar-refractivity contribution in [2.45, 2.75) is 154 Å². The summed E-state index contributed by atoms with van der Waals surface area (Å²) in [4.78, 5) is 45.5. The fraction of sp³-hybridized carbons (Fsp3) is 0.675. The van der Waals surface area contributed by atoms with Crippen LogP contribution in [0.25, 0.3) is 0 Å². The highest BCUT2D eigenvalue weighted by atomic mass is 31.2. The average molecular weight is 754 g/mol. The molecule has 52 heavy (non-hydrogen) atoms. The molecule has 0 aromatic carbocycles. The minimum atomic E-state index is -4.75. The first-order chi connectivity index (χ1) is 25.1. The number of phosphoric ester groups is 1. The number of esters is 1. The second-order valence-electron chi connectivity index (χ2n) is 12.7. The molecule has 0 aliphatic heterocycles. The summed E-state index contributed by atoms with van der Waals surface area (Å²) in [6, 6.07) is -1.55. The van der Waals surface area contributed by atoms with E-state index in [0.29, 0.717) is 12.8 Å². The lowest BCUT2D eigenvalue weighted by Crippen LogP contribution is -2.43. The van der Waals surface area contributed by atoms with Gasteiger partial charge >= 0.3 is 19.8 Å². The van der Waals surface area contributed by atoms with Gasteiger partial charge in [0.25, 0.3) is 0 Å². The SMILES string of the molecule is CC/C=C\C/C=C\C/C=C\C/C=C\C/C=C\CCCCCCCC(=O)OCC(O)COP(=O)(O)OCC(NC(=O)CCCCCCCCC)C(=O)O. The van der Waals surface area contributed by atoms with E-state index in [9.17, 15) is 34.1 Å². The van der Waals surface area contributed by atoms with Crippen LogP contribution in [-0.2, 0) is 32.7 Å². The van der Waals surface area contributed by atoms with E-state index < -0.39 is 57.6 Å². The van der Waals surface area contributed by atoms with E-state index in [-0.39, 0.29) is 12.8 Å². The van der Waals surface area contributed by atoms with Crippen molar-refractivity contribution >= 4 is 25.7 Å². The van der Waals surface area contributed by atoms with Crippen molar-refractivity contribution in [2.24, 2.45) is 0 Å². The van der Waals surface area contributed by atoms with Crippen LogP contribution in [0, 0.1) is 0 Å². The lowest BCUT2D eigenvalue weighted by molar-refractivity contribution is -0.147. The van der Waals surface area contributed by atoms with Crippen molar-refractivity contribution in [1.29, 1.82) is 0 Å². The Morgan fingerprint density at radius 3 is 1.67 bits per heavy atom. The molecule has 0 saturated heterocycles. The molecule has 0 fully saturated rings. The van der Waals surface area contributed by atoms with E-state index in [2.05, 4.69) is 79.9 Å². The molecule has 0 aliphatic carbocycles. The highest BCUT2D eigenvalue weighted by molar-refractivity contribution is 7.47. The molecule has 4 N–H and O–H groups in total. The number of hydrogen-bond acceptors (Lipinski definition) is 8. The monoisotopic (exact) mass is 753 g/mol. The third-order valence-corrected chi connectivity index (χ3v) is 8.77. The normalized spacial score (nSPS) is 14.5. The maximum absolute atomic E-state index is 12.2. The number of amides is 1. The number of carboxylic acids is 1. The van der Waals surface area contributed by atoms with Gasteiger partial charge in [-0.1, -0.05) is 132 Å². The van der Waals surface area contributed by atoms with Gasteiger partial charge in [-0.05, 0) is 57.8 Å². The number of nitrogens with one attached hydrogen (secondary N) is 1. The summed E-state index contributed by atoms with van der Waals surface area (Å²) in [5.74, 6) is -2.41. The zero-order valence-electron chi connectivity index (χ0n) is 31.8. The van der Waals surface area contributed by atoms with Crippen molar-refractivity contribution in [3.63, 3.8) is 0 Å². The zero-order valence-corrected chi connectivity index (χ0v) is 32.7. The molecular formula is C40H68NO10P. The number of allylic oxidation sites excluding steroid dienone is 10. The Hall–Kier alpha value is -2.82. The minimum absolute atomic E-state index is 0.141. The third-order valence-electron chi connectivity index (χ3n) is 7.82. The van der Waals surface area contributed by atoms with Crippen LogP contribution in [0.2, 0.25) is 0 Å². The largest absolute Gasteiger partial charge is 0.480 e. The molecule has 0 aliphatic rings. The van der Waals surface area contributed by atoms with Crippen molar-refractivity contribution in [3.05, 3.63) is 60.8 Å². The van der Waals surface area contributed by atoms with E-state index >= 15 is 0 Å². The number of aliphatic hydroxyl groups excluding tert-OH is 1. The second-order valence-corrected chi connectivity index (χ2v) is 14.2. The van der Waals surface area contributed by atoms with Gasteiger partial charge in [0.1, 0.15) is 12.7 Å². The zero-order chi connectivity index (χ0) is 38.5. The van der Waals surface area contributed by atoms with Crippen LogP contribution < -0.4 is 5.32 Å². The minimum Gasteiger partial charge on any atom is -0.480 e. The Morgan fingerprint density at radius 1 is 0.635 bits per heavy atom. The molecule has 1 amide bonds. The van der Waals surface area contributed by atoms with Gasteiger partial charge in [-0.3, -0.25) is 18.6 Å². The van der Waals surface area contributed by atoms with E-state index in [1.54, 1.807) is 0 Å². The van der Waals surface area contributed by atoms with E-state index in [1.807, 2.05) is 0 Å². The van der Waals surface area contributed by atoms with Crippen molar-refractivity contribution < 1.29 is 47.8 Å². The summed E-state index contributed by atoms with van der Waals surface area (Å²) in [5, 5.41) is 21.6. The summed E-state index contributed by atoms with van der Waals surface area (Å²) in [6.45, 7) is 2.36. The average Bonchev–Trinajstić information content (AvgIpc) is 3.11. The first kappa shape index (κ1) is 49.2. The number of rotatable bonds is 35. The van der Waals surface area contributed by atoms with Crippen LogP contribution in [0.15, 0.2) is 60.8 Å². The molecule has 3 atom stereocenters. The number of ether oxygens (including phenoxy) is 1. The fourth-order valence-electron chi connectivity index (χ4n) is 4.81. The van der Waals surface area contributed by atoms with E-state index in [0.717, 1.165) is 96.3 Å². The molecule has 298 valence electrons. The van der Waals surface area contributed by atoms with Crippen LogP contribution in [0.4, 0.5) is 0 Å². The number of carboxylic acid groups (broad SMARTS) is 1. The molecule has 0 bridgehead atoms. The number of unbranched alkanes of at least 4 members (excludes halogenated alkanes) is 11. The molecule has 0 saturated carbocycles. The molecule has 0 spiro atoms. The Kier molecular flexibility index (Phi) is 33.3. The molecular weight excluding hydrogens is 685 g/mol.